The number of carbonyl (C=O) groups excluding carboxylic acids is 4. The number of aldehydes is 1. The number of hydrogen-bond acceptors (Lipinski definition) is 14. The second-order valence-electron chi connectivity index (χ2n) is 19.1. The van der Waals surface area contributed by atoms with Gasteiger partial charge in [-0.1, -0.05) is 45.0 Å². The summed E-state index contributed by atoms with van der Waals surface area (Å²) in [5, 5.41) is 31.1. The minimum atomic E-state index is -4.76. The minimum Gasteiger partial charge on any atom is -0.491 e. The number of carbonyl (C=O) groups is 4. The molecule has 5 rings (SSSR count). The van der Waals surface area contributed by atoms with Crippen molar-refractivity contribution in [3.8, 4) is 22.3 Å². The molecule has 16 nitrogen and oxygen atoms in total. The average Bonchev–Trinajstić information content (AvgIpc) is 3.92. The van der Waals surface area contributed by atoms with Crippen LogP contribution in [0.25, 0.3) is 10.4 Å². The van der Waals surface area contributed by atoms with E-state index in [1.54, 1.807) is 59.9 Å². The molecule has 0 bridgehead atoms. The molecule has 0 aliphatic carbocycles. The number of alkyl halides is 3. The van der Waals surface area contributed by atoms with E-state index >= 15 is 0 Å². The number of thiazole rings is 1. The highest BCUT2D eigenvalue weighted by atomic mass is 32.1. The Kier molecular flexibility index (Phi) is 19.3. The molecule has 5 N–H and O–H groups in total. The molecular formula is C51H64F3N7O9S. The van der Waals surface area contributed by atoms with Gasteiger partial charge in [0.1, 0.15) is 36.3 Å². The number of hydrogen-bond donors (Lipinski definition) is 5. The molecule has 2 heterocycles. The predicted octanol–water partition coefficient (Wildman–Crippen LogP) is 6.90. The molecule has 0 saturated carbocycles. The molecular weight excluding hydrogens is 944 g/mol. The predicted molar refractivity (Wildman–Crippen MR) is 263 cm³/mol. The molecule has 1 saturated heterocycles. The Hall–Kier alpha value is -5.95. The number of aliphatic hydroxyl groups is 1. The van der Waals surface area contributed by atoms with Crippen LogP contribution in [0.4, 0.5) is 24.5 Å². The summed E-state index contributed by atoms with van der Waals surface area (Å²) >= 11 is 1.56. The van der Waals surface area contributed by atoms with Crippen molar-refractivity contribution in [2.24, 2.45) is 5.41 Å². The monoisotopic (exact) mass is 1010 g/mol. The highest BCUT2D eigenvalue weighted by Crippen LogP contribution is 2.35. The fraction of sp³-hybridized carbons (Fsp3) is 0.490. The van der Waals surface area contributed by atoms with Gasteiger partial charge in [0.25, 0.3) is 0 Å². The Morgan fingerprint density at radius 1 is 0.944 bits per heavy atom. The summed E-state index contributed by atoms with van der Waals surface area (Å²) < 4.78 is 63.4. The third kappa shape index (κ3) is 15.5. The SMILES string of the molecule is Cc1ncsc1-c1ccc(CNC(=O)[C@@H]2C[C@@H](O)CN2C[C@](C=O)(NC(=O)COCCO[C@H](C)[C@@H](C)OCCOc2ccc(NC(C)(C)C(=O)Nc3ccc(C#N)c(C(F)(F)F)c3)cc2)C(C)(C)C)cc1. The van der Waals surface area contributed by atoms with Crippen LogP contribution in [0.1, 0.15) is 77.3 Å². The van der Waals surface area contributed by atoms with Gasteiger partial charge in [-0.05, 0) is 100 Å². The van der Waals surface area contributed by atoms with E-state index in [1.807, 2.05) is 65.8 Å². The summed E-state index contributed by atoms with van der Waals surface area (Å²) in [5.41, 5.74) is 0.0420. The summed E-state index contributed by atoms with van der Waals surface area (Å²) in [7, 11) is 0. The van der Waals surface area contributed by atoms with Gasteiger partial charge in [0.2, 0.25) is 17.7 Å². The van der Waals surface area contributed by atoms with E-state index in [0.717, 1.165) is 33.8 Å². The van der Waals surface area contributed by atoms with Crippen molar-refractivity contribution in [1.29, 1.82) is 5.26 Å². The van der Waals surface area contributed by atoms with E-state index in [4.69, 9.17) is 24.2 Å². The lowest BCUT2D eigenvalue weighted by Gasteiger charge is -2.44. The van der Waals surface area contributed by atoms with Gasteiger partial charge in [0.05, 0.1) is 77.5 Å². The van der Waals surface area contributed by atoms with Crippen LogP contribution in [0, 0.1) is 23.7 Å². The maximum absolute atomic E-state index is 13.5. The van der Waals surface area contributed by atoms with Crippen LogP contribution in [0.2, 0.25) is 0 Å². The van der Waals surface area contributed by atoms with Crippen molar-refractivity contribution in [3.63, 3.8) is 0 Å². The Labute approximate surface area is 416 Å². The largest absolute Gasteiger partial charge is 0.491 e. The topological polar surface area (TPSA) is 213 Å². The summed E-state index contributed by atoms with van der Waals surface area (Å²) in [4.78, 5) is 59.9. The number of ether oxygens (including phenoxy) is 4. The third-order valence-electron chi connectivity index (χ3n) is 12.3. The van der Waals surface area contributed by atoms with Crippen molar-refractivity contribution in [3.05, 3.63) is 94.6 Å². The second kappa shape index (κ2) is 24.4. The zero-order chi connectivity index (χ0) is 52.1. The zero-order valence-corrected chi connectivity index (χ0v) is 42.1. The Balaban J connectivity index is 0.994. The van der Waals surface area contributed by atoms with E-state index < -0.39 is 57.8 Å². The Morgan fingerprint density at radius 2 is 1.59 bits per heavy atom. The lowest BCUT2D eigenvalue weighted by atomic mass is 9.73. The first-order valence-electron chi connectivity index (χ1n) is 23.2. The molecule has 1 aliphatic rings. The second-order valence-corrected chi connectivity index (χ2v) is 19.9. The quantitative estimate of drug-likeness (QED) is 0.0358. The number of aromatic nitrogens is 1. The summed E-state index contributed by atoms with van der Waals surface area (Å²) in [6, 6.07) is 18.4. The molecule has 1 aromatic heterocycles. The fourth-order valence-electron chi connectivity index (χ4n) is 7.72. The van der Waals surface area contributed by atoms with Crippen LogP contribution < -0.4 is 26.0 Å². The van der Waals surface area contributed by atoms with Crippen molar-refractivity contribution in [2.45, 2.75) is 110 Å². The Morgan fingerprint density at radius 3 is 2.18 bits per heavy atom. The third-order valence-corrected chi connectivity index (χ3v) is 13.3. The van der Waals surface area contributed by atoms with Gasteiger partial charge in [0.15, 0.2) is 0 Å². The number of nitrogens with zero attached hydrogens (tertiary/aromatic N) is 3. The molecule has 0 unspecified atom stereocenters. The number of aryl methyl sites for hydroxylation is 1. The molecule has 71 heavy (non-hydrogen) atoms. The van der Waals surface area contributed by atoms with Crippen molar-refractivity contribution in [2.75, 3.05) is 56.8 Å². The normalized spacial score (nSPS) is 17.1. The first-order chi connectivity index (χ1) is 33.4. The lowest BCUT2D eigenvalue weighted by molar-refractivity contribution is -0.138. The molecule has 3 amide bonds. The Bertz CT molecular complexity index is 2480. The number of nitriles is 1. The summed E-state index contributed by atoms with van der Waals surface area (Å²) in [6.07, 6.45) is -5.35. The highest BCUT2D eigenvalue weighted by molar-refractivity contribution is 7.13. The molecule has 0 spiro atoms. The van der Waals surface area contributed by atoms with E-state index in [1.165, 1.54) is 12.1 Å². The number of halogens is 3. The van der Waals surface area contributed by atoms with Crippen LogP contribution in [0.15, 0.2) is 72.2 Å². The summed E-state index contributed by atoms with van der Waals surface area (Å²) in [5.74, 6) is -0.880. The maximum Gasteiger partial charge on any atom is 0.417 e. The van der Waals surface area contributed by atoms with Crippen molar-refractivity contribution in [1.82, 2.24) is 20.5 Å². The molecule has 1 aliphatic heterocycles. The smallest absolute Gasteiger partial charge is 0.417 e. The number of benzene rings is 3. The molecule has 20 heteroatoms. The van der Waals surface area contributed by atoms with Gasteiger partial charge in [0, 0.05) is 31.0 Å². The minimum absolute atomic E-state index is 0.00960. The van der Waals surface area contributed by atoms with Gasteiger partial charge in [-0.25, -0.2) is 4.98 Å². The van der Waals surface area contributed by atoms with Crippen LogP contribution in [-0.2, 0) is 46.1 Å². The van der Waals surface area contributed by atoms with Gasteiger partial charge in [-0.15, -0.1) is 11.3 Å². The molecule has 3 aromatic carbocycles. The number of rotatable bonds is 24. The molecule has 4 aromatic rings. The highest BCUT2D eigenvalue weighted by Gasteiger charge is 2.48. The number of anilines is 2. The molecule has 5 atom stereocenters. The van der Waals surface area contributed by atoms with Crippen molar-refractivity contribution >= 4 is 46.7 Å². The first-order valence-corrected chi connectivity index (χ1v) is 24.0. The number of aliphatic hydroxyl groups excluding tert-OH is 1. The van der Waals surface area contributed by atoms with Gasteiger partial charge in [-0.3, -0.25) is 19.3 Å². The van der Waals surface area contributed by atoms with Gasteiger partial charge < -0.3 is 50.1 Å². The van der Waals surface area contributed by atoms with Crippen LogP contribution in [-0.4, -0.2) is 121 Å². The lowest BCUT2D eigenvalue weighted by Crippen LogP contribution is -2.65. The standard InChI is InChI=1S/C51H64F3N7O9S/c1-32-45(71-31-57-32)36-11-9-35(10-12-36)26-56-46(65)43-24-40(63)27-61(43)29-50(30-62,48(4,5)6)60-44(64)28-67-19-20-68-33(2)34(3)69-21-22-70-41-17-15-38(16-18-41)59-49(7,8)47(66)58-39-14-13-37(25-55)42(23-39)51(52,53)54/h9-18,23,30-31,33-34,40,43,59,63H,19-22,24,26-29H2,1-8H3,(H,56,65)(H,58,66)(H,60,64)/t33-,34-,40-,43+,50-/m1/s1. The molecule has 384 valence electrons. The maximum atomic E-state index is 13.5. The van der Waals surface area contributed by atoms with Crippen LogP contribution in [0.5, 0.6) is 5.75 Å². The fourth-order valence-corrected chi connectivity index (χ4v) is 8.53. The number of nitrogens with one attached hydrogen (secondary N) is 4. The van der Waals surface area contributed by atoms with E-state index in [0.29, 0.717) is 17.7 Å². The van der Waals surface area contributed by atoms with Crippen LogP contribution in [0.3, 0.4) is 0 Å². The van der Waals surface area contributed by atoms with Gasteiger partial charge in [-0.2, -0.15) is 18.4 Å². The van der Waals surface area contributed by atoms with Crippen molar-refractivity contribution < 1.29 is 56.4 Å². The first kappa shape index (κ1) is 56.0. The van der Waals surface area contributed by atoms with E-state index in [-0.39, 0.29) is 82.9 Å². The number of likely N-dealkylation sites (tertiary alicyclic amines) is 1. The molecule has 1 fully saturated rings. The molecule has 0 radical (unpaired) electrons. The van der Waals surface area contributed by atoms with Gasteiger partial charge >= 0.3 is 6.18 Å². The van der Waals surface area contributed by atoms with E-state index in [9.17, 15) is 37.5 Å². The van der Waals surface area contributed by atoms with Crippen LogP contribution >= 0.6 is 11.3 Å². The number of amides is 3. The summed E-state index contributed by atoms with van der Waals surface area (Å²) in [6.45, 7) is 15.0. The van der Waals surface area contributed by atoms with E-state index in [2.05, 4.69) is 26.3 Å². The zero-order valence-electron chi connectivity index (χ0n) is 41.3. The number of β-amino-alcohol motifs (C(OH)–C–C–N with tert-alkyl or cyclic N) is 1. The average molecular weight is 1010 g/mol.